The predicted octanol–water partition coefficient (Wildman–Crippen LogP) is -1.21. The Hall–Kier alpha value is -13.4. The first-order valence-electron chi connectivity index (χ1n) is 44.1. The second-order valence-corrected chi connectivity index (χ2v) is 34.9. The number of primary amides is 2. The van der Waals surface area contributed by atoms with E-state index in [1.165, 1.54) is 38.4 Å². The smallest absolute Gasteiger partial charge is 0.305 e. The van der Waals surface area contributed by atoms with E-state index in [0.29, 0.717) is 69.9 Å². The van der Waals surface area contributed by atoms with E-state index < -0.39 is 266 Å². The average molecular weight is 1900 g/mol. The first kappa shape index (κ1) is 107. The van der Waals surface area contributed by atoms with Gasteiger partial charge in [-0.3, -0.25) is 76.7 Å². The molecule has 2 saturated heterocycles. The Morgan fingerprint density at radius 1 is 0.541 bits per heavy atom. The molecule has 0 spiro atoms. The molecule has 15 atom stereocenters. The van der Waals surface area contributed by atoms with Crippen molar-refractivity contribution in [1.29, 1.82) is 0 Å². The molecule has 730 valence electrons. The number of unbranched alkanes of at least 4 members (excludes halogenated alkanes) is 2. The van der Waals surface area contributed by atoms with Crippen LogP contribution in [0.15, 0.2) is 128 Å². The number of para-hydroxylation sites is 1. The number of phenolic OH excluding ortho intramolecular Hbond substituents is 1. The number of carbonyl (C=O) groups is 17. The van der Waals surface area contributed by atoms with E-state index in [9.17, 15) is 77.6 Å². The van der Waals surface area contributed by atoms with Crippen LogP contribution in [-0.4, -0.2) is 300 Å². The fourth-order valence-corrected chi connectivity index (χ4v) is 16.7. The molecule has 8 rings (SSSR count). The molecule has 15 amide bonds. The molecule has 135 heavy (non-hydrogen) atoms. The number of aromatic amines is 1. The van der Waals surface area contributed by atoms with Gasteiger partial charge >= 0.3 is 5.97 Å². The van der Waals surface area contributed by atoms with Crippen LogP contribution in [0.5, 0.6) is 5.75 Å². The van der Waals surface area contributed by atoms with Crippen LogP contribution in [0.2, 0.25) is 0 Å². The van der Waals surface area contributed by atoms with E-state index in [-0.39, 0.29) is 81.4 Å². The molecule has 39 nitrogen and oxygen atoms in total. The van der Waals surface area contributed by atoms with Gasteiger partial charge in [0.1, 0.15) is 78.5 Å². The number of likely N-dealkylation sites (tertiary alicyclic amines) is 2. The summed E-state index contributed by atoms with van der Waals surface area (Å²) in [6.07, 6.45) is -4.50. The Bertz CT molecular complexity index is 5180. The Balaban J connectivity index is 1.05. The maximum absolute atomic E-state index is 15.4. The number of halogens is 3. The summed E-state index contributed by atoms with van der Waals surface area (Å²) in [5.41, 5.74) is 25.3. The molecule has 6 aromatic rings. The number of carbonyl (C=O) groups excluding carboxylic acids is 16. The zero-order chi connectivity index (χ0) is 99.2. The second-order valence-electron chi connectivity index (χ2n) is 33.9. The monoisotopic (exact) mass is 1900 g/mol. The number of hydrogen-bond acceptors (Lipinski definition) is 23. The minimum absolute atomic E-state index is 0.0560. The van der Waals surface area contributed by atoms with Crippen LogP contribution in [0, 0.1) is 23.4 Å². The van der Waals surface area contributed by atoms with Gasteiger partial charge in [0.2, 0.25) is 88.6 Å². The number of aromatic nitrogens is 1. The SMILES string of the molecule is CCCC[C@@H](C(=O)N1C[C@H](O)C[C@@H]1C(=O)N[C@H](C=O)CC(=O)O)N(C)C(=O)[C@H](Cc1ccccc1)N(C)C(=O)[C@H](Cc1cc(F)c(F)c(F)c1)NC(=O)CSC[C@H](NC(=O)[C@H](CCCCN)NC(=O)[C@H](Cc1ccc(O)cc1)NC(=O)[C@H](Cc1c[nH]c2ccccc12)NC(=O)[C@H]1C[C@@H](O)CN1C(=O)[C@H](CC(N)=O)NC(=O)[C@H](Cc1ccccc1)N(C)C(=O)[C@@H](N)C(C)C)C(=O)NCC(N)=O. The fourth-order valence-electron chi connectivity index (χ4n) is 15.9. The Labute approximate surface area is 781 Å². The number of nitrogens with two attached hydrogens (primary N) is 4. The molecule has 0 bridgehead atoms. The Kier molecular flexibility index (Phi) is 40.5. The minimum Gasteiger partial charge on any atom is -0.508 e. The van der Waals surface area contributed by atoms with E-state index in [1.54, 1.807) is 112 Å². The van der Waals surface area contributed by atoms with Crippen LogP contribution in [0.4, 0.5) is 13.2 Å². The normalized spacial score (nSPS) is 17.1. The third-order valence-electron chi connectivity index (χ3n) is 23.4. The Morgan fingerprint density at radius 3 is 1.63 bits per heavy atom. The molecule has 0 saturated carbocycles. The number of rotatable bonds is 51. The summed E-state index contributed by atoms with van der Waals surface area (Å²) < 4.78 is 44.9. The van der Waals surface area contributed by atoms with E-state index in [2.05, 4.69) is 47.5 Å². The minimum atomic E-state index is -1.90. The number of nitrogens with zero attached hydrogens (tertiary/aromatic N) is 5. The fraction of sp³-hybridized carbons (Fsp3) is 0.467. The highest BCUT2D eigenvalue weighted by atomic mass is 32.2. The summed E-state index contributed by atoms with van der Waals surface area (Å²) in [5, 5.41) is 62.7. The molecule has 3 heterocycles. The van der Waals surface area contributed by atoms with Crippen molar-refractivity contribution < 1.29 is 115 Å². The van der Waals surface area contributed by atoms with Crippen molar-refractivity contribution in [3.05, 3.63) is 173 Å². The van der Waals surface area contributed by atoms with Crippen LogP contribution < -0.4 is 65.5 Å². The molecule has 21 N–H and O–H groups in total. The molecular formula is C92H119F3N18O21S. The summed E-state index contributed by atoms with van der Waals surface area (Å²) in [6, 6.07) is 9.55. The molecule has 2 aliphatic rings. The van der Waals surface area contributed by atoms with Gasteiger partial charge in [0.25, 0.3) is 0 Å². The number of aliphatic carboxylic acids is 1. The van der Waals surface area contributed by atoms with Crippen molar-refractivity contribution in [3.8, 4) is 5.75 Å². The number of carboxylic acid groups (broad SMARTS) is 1. The summed E-state index contributed by atoms with van der Waals surface area (Å²) in [5.74, 6) is -23.5. The topological polar surface area (TPSA) is 603 Å². The van der Waals surface area contributed by atoms with Crippen molar-refractivity contribution in [2.45, 2.75) is 208 Å². The lowest BCUT2D eigenvalue weighted by Crippen LogP contribution is -2.61. The van der Waals surface area contributed by atoms with Crippen LogP contribution in [0.3, 0.4) is 0 Å². The lowest BCUT2D eigenvalue weighted by molar-refractivity contribution is -0.152. The summed E-state index contributed by atoms with van der Waals surface area (Å²) >= 11 is 0.631. The van der Waals surface area contributed by atoms with Gasteiger partial charge in [-0.25, -0.2) is 13.2 Å². The van der Waals surface area contributed by atoms with E-state index in [1.807, 2.05) is 0 Å². The summed E-state index contributed by atoms with van der Waals surface area (Å²) in [6.45, 7) is 3.49. The highest BCUT2D eigenvalue weighted by Gasteiger charge is 2.48. The third-order valence-corrected chi connectivity index (χ3v) is 24.4. The number of β-amino-alcohol motifs (C(OH)–C–C–N with tert-alkyl or cyclic N) is 2. The van der Waals surface area contributed by atoms with Gasteiger partial charge in [-0.2, -0.15) is 0 Å². The van der Waals surface area contributed by atoms with Crippen molar-refractivity contribution in [2.24, 2.45) is 28.9 Å². The number of aromatic hydroxyl groups is 1. The number of aliphatic hydroxyl groups excluding tert-OH is 2. The third kappa shape index (κ3) is 30.8. The molecule has 1 aromatic heterocycles. The zero-order valence-corrected chi connectivity index (χ0v) is 76.4. The first-order valence-corrected chi connectivity index (χ1v) is 45.2. The molecule has 0 radical (unpaired) electrons. The second kappa shape index (κ2) is 51.2. The van der Waals surface area contributed by atoms with Gasteiger partial charge in [0.15, 0.2) is 17.5 Å². The summed E-state index contributed by atoms with van der Waals surface area (Å²) in [7, 11) is 3.77. The van der Waals surface area contributed by atoms with Crippen molar-refractivity contribution >= 4 is 124 Å². The number of H-pyrrole nitrogens is 1. The average Bonchev–Trinajstić information content (AvgIpc) is 1.62. The predicted molar refractivity (Wildman–Crippen MR) is 486 cm³/mol. The quantitative estimate of drug-likeness (QED) is 0.0121. The Morgan fingerprint density at radius 2 is 1.06 bits per heavy atom. The number of fused-ring (bicyclic) bond motifs is 1. The molecule has 0 unspecified atom stereocenters. The van der Waals surface area contributed by atoms with Crippen molar-refractivity contribution in [3.63, 3.8) is 0 Å². The number of likely N-dealkylation sites (N-methyl/N-ethyl adjacent to an activating group) is 3. The molecule has 0 aliphatic carbocycles. The molecule has 5 aromatic carbocycles. The standard InChI is InChI=1S/C92H119F3N18O21S/c1-7-8-26-70(91(133)113-46-59(117)40-72(113)86(128)102-56(47-114)39-78(121)122)109(4)90(132)74(37-52-21-13-10-14-22-52)111(6)88(130)67(35-54-32-61(93)79(95)62(94)33-54)103-77(120)49-135-48-69(81(123)101-44-76(98)119)108-82(124)64(25-17-18-31-96)104-83(125)65(34-53-27-29-57(115)30-28-53)105-84(126)66(38-55-43-100-63-24-16-15-23-60(55)63)106-87(129)73-41-58(116)45-112(73)89(131)68(42-75(97)118)107-85(127)71(36-51-19-11-9-12-20-51)110(5)92(134)80(99)50(2)3/h9-16,19-24,27-30,32-33,43,47,50,56,58-59,64-74,80,100,115-117H,7-8,17-18,25-26,31,34-42,44-46,48-49,96,99H2,1-6H3,(H2,97,118)(H2,98,119)(H,101,123)(H,102,128)(H,103,120)(H,104,125)(H,105,126)(H,106,129)(H,107,127)(H,108,124)(H,121,122)/t56-,58+,59+,64-,65-,66-,67-,68-,69-,70-,71-,72+,73+,74-,80-/m0/s1. The number of benzene rings is 5. The number of phenols is 1. The van der Waals surface area contributed by atoms with Crippen LogP contribution in [-0.2, 0) is 114 Å². The van der Waals surface area contributed by atoms with Crippen molar-refractivity contribution in [2.75, 3.05) is 58.8 Å². The number of hydrogen-bond donors (Lipinski definition) is 17. The van der Waals surface area contributed by atoms with Crippen LogP contribution >= 0.6 is 11.8 Å². The lowest BCUT2D eigenvalue weighted by Gasteiger charge is -2.37. The number of aliphatic hydroxyl groups is 2. The van der Waals surface area contributed by atoms with E-state index in [4.69, 9.17) is 22.9 Å². The van der Waals surface area contributed by atoms with Gasteiger partial charge in [-0.15, -0.1) is 11.8 Å². The van der Waals surface area contributed by atoms with Gasteiger partial charge < -0.3 is 120 Å². The summed E-state index contributed by atoms with van der Waals surface area (Å²) in [4.78, 5) is 249. The number of carboxylic acids is 1. The zero-order valence-electron chi connectivity index (χ0n) is 75.6. The van der Waals surface area contributed by atoms with E-state index >= 15 is 37.5 Å². The molecule has 2 aliphatic heterocycles. The lowest BCUT2D eigenvalue weighted by atomic mass is 9.99. The number of aldehydes is 1. The van der Waals surface area contributed by atoms with Gasteiger partial charge in [-0.1, -0.05) is 125 Å². The van der Waals surface area contributed by atoms with Crippen LogP contribution in [0.1, 0.15) is 113 Å². The molecular weight excluding hydrogens is 1780 g/mol. The van der Waals surface area contributed by atoms with Crippen LogP contribution in [0.25, 0.3) is 10.9 Å². The van der Waals surface area contributed by atoms with E-state index in [0.717, 1.165) is 31.5 Å². The highest BCUT2D eigenvalue weighted by Crippen LogP contribution is 2.29. The maximum atomic E-state index is 15.4. The number of nitrogens with one attached hydrogen (secondary N) is 9. The molecule has 2 fully saturated rings. The van der Waals surface area contributed by atoms with Gasteiger partial charge in [0, 0.05) is 102 Å². The molecule has 43 heteroatoms. The van der Waals surface area contributed by atoms with Crippen molar-refractivity contribution in [1.82, 2.24) is 72.0 Å². The maximum Gasteiger partial charge on any atom is 0.305 e. The van der Waals surface area contributed by atoms with Gasteiger partial charge in [0.05, 0.1) is 49.4 Å². The first-order chi connectivity index (χ1) is 64.1. The largest absolute Gasteiger partial charge is 0.508 e. The number of thioether (sulfide) groups is 1. The number of amides is 15. The van der Waals surface area contributed by atoms with Gasteiger partial charge in [-0.05, 0) is 96.3 Å². The highest BCUT2D eigenvalue weighted by molar-refractivity contribution is 8.00.